The lowest BCUT2D eigenvalue weighted by Gasteiger charge is -2.06. The lowest BCUT2D eigenvalue weighted by Crippen LogP contribution is -1.93. The summed E-state index contributed by atoms with van der Waals surface area (Å²) in [5, 5.41) is 11.1. The van der Waals surface area contributed by atoms with E-state index in [0.717, 1.165) is 0 Å². The standard InChI is InChI=1S/C13H8ClNO4/c14-10-3-6-13(12(7-10)15(17)18)19-11-4-1-9(8-16)2-5-11/h1-8H. The number of nitro groups is 1. The highest BCUT2D eigenvalue weighted by Crippen LogP contribution is 2.33. The molecule has 2 rings (SSSR count). The van der Waals surface area contributed by atoms with Crippen LogP contribution in [0.3, 0.4) is 0 Å². The van der Waals surface area contributed by atoms with Crippen LogP contribution in [0.25, 0.3) is 0 Å². The molecule has 0 N–H and O–H groups in total. The van der Waals surface area contributed by atoms with E-state index < -0.39 is 4.92 Å². The average molecular weight is 278 g/mol. The van der Waals surface area contributed by atoms with Crippen molar-refractivity contribution in [3.63, 3.8) is 0 Å². The molecule has 0 saturated carbocycles. The zero-order valence-corrected chi connectivity index (χ0v) is 10.3. The zero-order chi connectivity index (χ0) is 13.8. The number of benzene rings is 2. The van der Waals surface area contributed by atoms with Gasteiger partial charge in [0.2, 0.25) is 5.75 Å². The molecule has 0 aromatic heterocycles. The van der Waals surface area contributed by atoms with Gasteiger partial charge in [-0.25, -0.2) is 0 Å². The van der Waals surface area contributed by atoms with Gasteiger partial charge in [-0.1, -0.05) is 11.6 Å². The smallest absolute Gasteiger partial charge is 0.313 e. The zero-order valence-electron chi connectivity index (χ0n) is 9.58. The average Bonchev–Trinajstić information content (AvgIpc) is 2.41. The molecule has 6 heteroatoms. The Morgan fingerprint density at radius 2 is 1.84 bits per heavy atom. The van der Waals surface area contributed by atoms with Crippen molar-refractivity contribution in [2.24, 2.45) is 0 Å². The number of hydrogen-bond donors (Lipinski definition) is 0. The predicted octanol–water partition coefficient (Wildman–Crippen LogP) is 3.85. The Morgan fingerprint density at radius 1 is 1.16 bits per heavy atom. The highest BCUT2D eigenvalue weighted by molar-refractivity contribution is 6.30. The van der Waals surface area contributed by atoms with Crippen molar-refractivity contribution in [1.29, 1.82) is 0 Å². The SMILES string of the molecule is O=Cc1ccc(Oc2ccc(Cl)cc2[N+](=O)[O-])cc1. The fourth-order valence-corrected chi connectivity index (χ4v) is 1.63. The minimum Gasteiger partial charge on any atom is -0.450 e. The summed E-state index contributed by atoms with van der Waals surface area (Å²) >= 11 is 5.70. The van der Waals surface area contributed by atoms with Gasteiger partial charge in [0.05, 0.1) is 4.92 Å². The van der Waals surface area contributed by atoms with E-state index in [0.29, 0.717) is 17.6 Å². The van der Waals surface area contributed by atoms with E-state index in [1.54, 1.807) is 24.3 Å². The van der Waals surface area contributed by atoms with Crippen molar-refractivity contribution in [3.05, 3.63) is 63.2 Å². The van der Waals surface area contributed by atoms with Gasteiger partial charge in [0.25, 0.3) is 0 Å². The van der Waals surface area contributed by atoms with E-state index in [-0.39, 0.29) is 16.5 Å². The molecule has 0 unspecified atom stereocenters. The summed E-state index contributed by atoms with van der Waals surface area (Å²) in [4.78, 5) is 20.8. The Balaban J connectivity index is 2.31. The van der Waals surface area contributed by atoms with Crippen LogP contribution in [0.4, 0.5) is 5.69 Å². The molecule has 0 aliphatic heterocycles. The lowest BCUT2D eigenvalue weighted by atomic mass is 10.2. The third-order valence-electron chi connectivity index (χ3n) is 2.36. The Labute approximate surface area is 113 Å². The van der Waals surface area contributed by atoms with Crippen molar-refractivity contribution in [2.45, 2.75) is 0 Å². The molecule has 0 radical (unpaired) electrons. The van der Waals surface area contributed by atoms with Crippen molar-refractivity contribution >= 4 is 23.6 Å². The predicted molar refractivity (Wildman–Crippen MR) is 70.0 cm³/mol. The molecular formula is C13H8ClNO4. The molecule has 0 heterocycles. The van der Waals surface area contributed by atoms with Gasteiger partial charge in [-0.3, -0.25) is 14.9 Å². The molecule has 0 fully saturated rings. The Bertz CT molecular complexity index is 625. The number of ether oxygens (including phenoxy) is 1. The van der Waals surface area contributed by atoms with Gasteiger partial charge in [0, 0.05) is 16.7 Å². The second-order valence-corrected chi connectivity index (χ2v) is 4.09. The van der Waals surface area contributed by atoms with E-state index in [1.807, 2.05) is 0 Å². The fourth-order valence-electron chi connectivity index (χ4n) is 1.46. The fraction of sp³-hybridized carbons (Fsp3) is 0. The number of rotatable bonds is 4. The topological polar surface area (TPSA) is 69.4 Å². The number of halogens is 1. The van der Waals surface area contributed by atoms with Crippen molar-refractivity contribution < 1.29 is 14.5 Å². The van der Waals surface area contributed by atoms with E-state index >= 15 is 0 Å². The Kier molecular flexibility index (Phi) is 3.77. The maximum atomic E-state index is 10.9. The summed E-state index contributed by atoms with van der Waals surface area (Å²) in [5.41, 5.74) is 0.282. The first kappa shape index (κ1) is 13.0. The quantitative estimate of drug-likeness (QED) is 0.483. The molecule has 0 atom stereocenters. The van der Waals surface area contributed by atoms with Crippen LogP contribution in [0.1, 0.15) is 10.4 Å². The number of carbonyl (C=O) groups excluding carboxylic acids is 1. The summed E-state index contributed by atoms with van der Waals surface area (Å²) < 4.78 is 5.41. The third kappa shape index (κ3) is 3.08. The first-order valence-corrected chi connectivity index (χ1v) is 5.65. The molecular weight excluding hydrogens is 270 g/mol. The number of nitro benzene ring substituents is 1. The van der Waals surface area contributed by atoms with Gasteiger partial charge >= 0.3 is 5.69 Å². The number of aldehydes is 1. The van der Waals surface area contributed by atoms with Crippen molar-refractivity contribution in [2.75, 3.05) is 0 Å². The van der Waals surface area contributed by atoms with Gasteiger partial charge in [-0.2, -0.15) is 0 Å². The van der Waals surface area contributed by atoms with Crippen molar-refractivity contribution in [1.82, 2.24) is 0 Å². The van der Waals surface area contributed by atoms with Crippen LogP contribution in [0, 0.1) is 10.1 Å². The van der Waals surface area contributed by atoms with Gasteiger partial charge in [0.15, 0.2) is 0 Å². The molecule has 0 aliphatic rings. The van der Waals surface area contributed by atoms with E-state index in [1.165, 1.54) is 18.2 Å². The highest BCUT2D eigenvalue weighted by atomic mass is 35.5. The highest BCUT2D eigenvalue weighted by Gasteiger charge is 2.16. The number of carbonyl (C=O) groups is 1. The largest absolute Gasteiger partial charge is 0.450 e. The minimum absolute atomic E-state index is 0.0910. The van der Waals surface area contributed by atoms with Gasteiger partial charge < -0.3 is 4.74 Å². The first-order valence-electron chi connectivity index (χ1n) is 5.27. The van der Waals surface area contributed by atoms with Crippen LogP contribution in [0.15, 0.2) is 42.5 Å². The van der Waals surface area contributed by atoms with E-state index in [9.17, 15) is 14.9 Å². The van der Waals surface area contributed by atoms with Crippen LogP contribution < -0.4 is 4.74 Å². The molecule has 0 aliphatic carbocycles. The number of hydrogen-bond acceptors (Lipinski definition) is 4. The van der Waals surface area contributed by atoms with Gasteiger partial charge in [-0.15, -0.1) is 0 Å². The molecule has 0 amide bonds. The second kappa shape index (κ2) is 5.49. The van der Waals surface area contributed by atoms with E-state index in [2.05, 4.69) is 0 Å². The number of nitrogens with zero attached hydrogens (tertiary/aromatic N) is 1. The maximum Gasteiger partial charge on any atom is 0.313 e. The summed E-state index contributed by atoms with van der Waals surface area (Å²) in [5.74, 6) is 0.490. The minimum atomic E-state index is -0.568. The molecule has 2 aromatic rings. The molecule has 0 saturated heterocycles. The summed E-state index contributed by atoms with van der Waals surface area (Å²) in [6.45, 7) is 0. The van der Waals surface area contributed by atoms with Crippen LogP contribution in [-0.4, -0.2) is 11.2 Å². The maximum absolute atomic E-state index is 10.9. The molecule has 0 bridgehead atoms. The third-order valence-corrected chi connectivity index (χ3v) is 2.60. The molecule has 5 nitrogen and oxygen atoms in total. The Morgan fingerprint density at radius 3 is 2.42 bits per heavy atom. The molecule has 19 heavy (non-hydrogen) atoms. The van der Waals surface area contributed by atoms with Crippen LogP contribution in [-0.2, 0) is 0 Å². The van der Waals surface area contributed by atoms with Gasteiger partial charge in [0.1, 0.15) is 12.0 Å². The molecule has 2 aromatic carbocycles. The summed E-state index contributed by atoms with van der Waals surface area (Å²) in [7, 11) is 0. The normalized spacial score (nSPS) is 9.95. The summed E-state index contributed by atoms with van der Waals surface area (Å²) in [6.07, 6.45) is 0.703. The monoisotopic (exact) mass is 277 g/mol. The molecule has 0 spiro atoms. The van der Waals surface area contributed by atoms with Crippen LogP contribution in [0.2, 0.25) is 5.02 Å². The van der Waals surface area contributed by atoms with E-state index in [4.69, 9.17) is 16.3 Å². The lowest BCUT2D eigenvalue weighted by molar-refractivity contribution is -0.385. The van der Waals surface area contributed by atoms with Crippen molar-refractivity contribution in [3.8, 4) is 11.5 Å². The van der Waals surface area contributed by atoms with Gasteiger partial charge in [-0.05, 0) is 36.4 Å². The molecule has 96 valence electrons. The van der Waals surface area contributed by atoms with Crippen LogP contribution >= 0.6 is 11.6 Å². The Hall–Kier alpha value is -2.40. The second-order valence-electron chi connectivity index (χ2n) is 3.66. The van der Waals surface area contributed by atoms with Crippen LogP contribution in [0.5, 0.6) is 11.5 Å². The summed E-state index contributed by atoms with van der Waals surface area (Å²) in [6, 6.07) is 10.4. The first-order chi connectivity index (χ1) is 9.10.